The first kappa shape index (κ1) is 14.2. The number of benzene rings is 1. The number of nitrogens with zero attached hydrogens (tertiary/aromatic N) is 1. The molecule has 1 amide bonds. The van der Waals surface area contributed by atoms with Gasteiger partial charge in [0.05, 0.1) is 6.42 Å². The number of carbonyl (C=O) groups is 2. The van der Waals surface area contributed by atoms with Crippen molar-refractivity contribution in [3.63, 3.8) is 0 Å². The maximum absolute atomic E-state index is 11.5. The van der Waals surface area contributed by atoms with Gasteiger partial charge in [-0.05, 0) is 23.6 Å². The van der Waals surface area contributed by atoms with Crippen LogP contribution in [0.3, 0.4) is 0 Å². The molecule has 18 heavy (non-hydrogen) atoms. The van der Waals surface area contributed by atoms with Crippen LogP contribution in [0.2, 0.25) is 0 Å². The molecule has 0 fully saturated rings. The molecule has 0 bridgehead atoms. The van der Waals surface area contributed by atoms with Gasteiger partial charge >= 0.3 is 5.97 Å². The van der Waals surface area contributed by atoms with Crippen molar-refractivity contribution in [3.8, 4) is 0 Å². The molecule has 0 spiro atoms. The zero-order chi connectivity index (χ0) is 13.7. The Labute approximate surface area is 107 Å². The second kappa shape index (κ2) is 6.19. The molecule has 0 radical (unpaired) electrons. The quantitative estimate of drug-likeness (QED) is 0.872. The van der Waals surface area contributed by atoms with E-state index in [0.717, 1.165) is 5.69 Å². The highest BCUT2D eigenvalue weighted by Crippen LogP contribution is 2.20. The summed E-state index contributed by atoms with van der Waals surface area (Å²) in [5.41, 5.74) is 1.94. The third-order valence-electron chi connectivity index (χ3n) is 2.80. The highest BCUT2D eigenvalue weighted by molar-refractivity contribution is 5.92. The van der Waals surface area contributed by atoms with Crippen LogP contribution in [0.1, 0.15) is 38.7 Å². The second-order valence-electron chi connectivity index (χ2n) is 4.56. The third-order valence-corrected chi connectivity index (χ3v) is 2.80. The summed E-state index contributed by atoms with van der Waals surface area (Å²) in [6.07, 6.45) is -0.0501. The normalized spacial score (nSPS) is 10.4. The molecular formula is C14H19NO3. The Kier molecular flexibility index (Phi) is 4.89. The summed E-state index contributed by atoms with van der Waals surface area (Å²) in [6, 6.07) is 7.66. The molecular weight excluding hydrogens is 230 g/mol. The van der Waals surface area contributed by atoms with Gasteiger partial charge in [-0.1, -0.05) is 26.0 Å². The molecule has 4 heteroatoms. The molecule has 4 nitrogen and oxygen atoms in total. The number of carboxylic acids is 1. The van der Waals surface area contributed by atoms with Crippen molar-refractivity contribution in [1.82, 2.24) is 0 Å². The van der Waals surface area contributed by atoms with Crippen molar-refractivity contribution in [2.75, 3.05) is 11.4 Å². The van der Waals surface area contributed by atoms with Gasteiger partial charge in [-0.3, -0.25) is 9.59 Å². The first-order chi connectivity index (χ1) is 8.41. The van der Waals surface area contributed by atoms with Crippen molar-refractivity contribution in [2.24, 2.45) is 0 Å². The maximum Gasteiger partial charge on any atom is 0.305 e. The van der Waals surface area contributed by atoms with Gasteiger partial charge in [0.2, 0.25) is 5.91 Å². The van der Waals surface area contributed by atoms with Crippen molar-refractivity contribution < 1.29 is 14.7 Å². The fourth-order valence-electron chi connectivity index (χ4n) is 1.71. The minimum absolute atomic E-state index is 0.0501. The van der Waals surface area contributed by atoms with Crippen molar-refractivity contribution >= 4 is 17.6 Å². The molecule has 0 aliphatic rings. The lowest BCUT2D eigenvalue weighted by molar-refractivity contribution is -0.136. The number of amides is 1. The van der Waals surface area contributed by atoms with E-state index in [1.54, 1.807) is 0 Å². The number of hydrogen-bond donors (Lipinski definition) is 1. The lowest BCUT2D eigenvalue weighted by Gasteiger charge is -2.21. The number of hydrogen-bond acceptors (Lipinski definition) is 2. The largest absolute Gasteiger partial charge is 0.481 e. The molecule has 0 saturated heterocycles. The highest BCUT2D eigenvalue weighted by Gasteiger charge is 2.13. The maximum atomic E-state index is 11.5. The van der Waals surface area contributed by atoms with E-state index in [1.807, 2.05) is 24.3 Å². The van der Waals surface area contributed by atoms with Crippen LogP contribution in [0.25, 0.3) is 0 Å². The zero-order valence-electron chi connectivity index (χ0n) is 11.0. The molecule has 0 saturated carbocycles. The lowest BCUT2D eigenvalue weighted by Crippen LogP contribution is -2.30. The molecule has 1 rings (SSSR count). The van der Waals surface area contributed by atoms with Gasteiger partial charge in [0.1, 0.15) is 0 Å². The molecule has 1 aromatic carbocycles. The molecule has 0 unspecified atom stereocenters. The summed E-state index contributed by atoms with van der Waals surface area (Å²) < 4.78 is 0. The van der Waals surface area contributed by atoms with E-state index in [9.17, 15) is 9.59 Å². The van der Waals surface area contributed by atoms with Crippen LogP contribution in [0, 0.1) is 0 Å². The average molecular weight is 249 g/mol. The van der Waals surface area contributed by atoms with Crippen LogP contribution < -0.4 is 4.90 Å². The summed E-state index contributed by atoms with van der Waals surface area (Å²) in [5.74, 6) is -0.613. The average Bonchev–Trinajstić information content (AvgIpc) is 2.29. The SMILES string of the molecule is CC(=O)N(CCC(=O)O)c1ccc(C(C)C)cc1. The molecule has 0 aromatic heterocycles. The summed E-state index contributed by atoms with van der Waals surface area (Å²) in [4.78, 5) is 23.6. The van der Waals surface area contributed by atoms with Crippen LogP contribution in [0.15, 0.2) is 24.3 Å². The van der Waals surface area contributed by atoms with E-state index < -0.39 is 5.97 Å². The second-order valence-corrected chi connectivity index (χ2v) is 4.56. The molecule has 1 aromatic rings. The van der Waals surface area contributed by atoms with Crippen LogP contribution in [-0.2, 0) is 9.59 Å². The highest BCUT2D eigenvalue weighted by atomic mass is 16.4. The first-order valence-corrected chi connectivity index (χ1v) is 6.01. The van der Waals surface area contributed by atoms with Crippen molar-refractivity contribution in [2.45, 2.75) is 33.1 Å². The smallest absolute Gasteiger partial charge is 0.305 e. The number of carboxylic acid groups (broad SMARTS) is 1. The molecule has 0 aliphatic carbocycles. The Morgan fingerprint density at radius 2 is 1.78 bits per heavy atom. The standard InChI is InChI=1S/C14H19NO3/c1-10(2)12-4-6-13(7-5-12)15(11(3)16)9-8-14(17)18/h4-7,10H,8-9H2,1-3H3,(H,17,18). The van der Waals surface area contributed by atoms with E-state index in [-0.39, 0.29) is 18.9 Å². The van der Waals surface area contributed by atoms with Gasteiger partial charge in [-0.25, -0.2) is 0 Å². The Morgan fingerprint density at radius 3 is 2.17 bits per heavy atom. The predicted octanol–water partition coefficient (Wildman–Crippen LogP) is 2.64. The molecule has 0 atom stereocenters. The van der Waals surface area contributed by atoms with E-state index in [0.29, 0.717) is 5.92 Å². The van der Waals surface area contributed by atoms with Gasteiger partial charge in [0, 0.05) is 19.2 Å². The number of carbonyl (C=O) groups excluding carboxylic acids is 1. The third kappa shape index (κ3) is 3.87. The van der Waals surface area contributed by atoms with Gasteiger partial charge in [-0.15, -0.1) is 0 Å². The van der Waals surface area contributed by atoms with Crippen molar-refractivity contribution in [1.29, 1.82) is 0 Å². The zero-order valence-corrected chi connectivity index (χ0v) is 11.0. The van der Waals surface area contributed by atoms with Gasteiger partial charge in [0.25, 0.3) is 0 Å². The van der Waals surface area contributed by atoms with Gasteiger partial charge < -0.3 is 10.0 Å². The topological polar surface area (TPSA) is 57.6 Å². The monoisotopic (exact) mass is 249 g/mol. The Balaban J connectivity index is 2.85. The van der Waals surface area contributed by atoms with Crippen LogP contribution >= 0.6 is 0 Å². The Hall–Kier alpha value is -1.84. The summed E-state index contributed by atoms with van der Waals surface area (Å²) in [5, 5.41) is 8.67. The fourth-order valence-corrected chi connectivity index (χ4v) is 1.71. The molecule has 0 aliphatic heterocycles. The first-order valence-electron chi connectivity index (χ1n) is 6.01. The summed E-state index contributed by atoms with van der Waals surface area (Å²) >= 11 is 0. The fraction of sp³-hybridized carbons (Fsp3) is 0.429. The van der Waals surface area contributed by atoms with E-state index in [1.165, 1.54) is 17.4 Å². The Morgan fingerprint density at radius 1 is 1.22 bits per heavy atom. The van der Waals surface area contributed by atoms with Gasteiger partial charge in [0.15, 0.2) is 0 Å². The van der Waals surface area contributed by atoms with Crippen molar-refractivity contribution in [3.05, 3.63) is 29.8 Å². The molecule has 0 heterocycles. The van der Waals surface area contributed by atoms with Crippen LogP contribution in [-0.4, -0.2) is 23.5 Å². The van der Waals surface area contributed by atoms with E-state index in [4.69, 9.17) is 5.11 Å². The predicted molar refractivity (Wildman–Crippen MR) is 70.8 cm³/mol. The minimum Gasteiger partial charge on any atom is -0.481 e. The number of anilines is 1. The van der Waals surface area contributed by atoms with E-state index in [2.05, 4.69) is 13.8 Å². The van der Waals surface area contributed by atoms with Crippen LogP contribution in [0.5, 0.6) is 0 Å². The molecule has 98 valence electrons. The number of rotatable bonds is 5. The Bertz CT molecular complexity index is 423. The summed E-state index contributed by atoms with van der Waals surface area (Å²) in [6.45, 7) is 5.84. The van der Waals surface area contributed by atoms with Gasteiger partial charge in [-0.2, -0.15) is 0 Å². The lowest BCUT2D eigenvalue weighted by atomic mass is 10.0. The minimum atomic E-state index is -0.903. The number of aliphatic carboxylic acids is 1. The van der Waals surface area contributed by atoms with Crippen LogP contribution in [0.4, 0.5) is 5.69 Å². The van der Waals surface area contributed by atoms with E-state index >= 15 is 0 Å². The molecule has 1 N–H and O–H groups in total. The summed E-state index contributed by atoms with van der Waals surface area (Å²) in [7, 11) is 0.